The van der Waals surface area contributed by atoms with Crippen molar-refractivity contribution in [2.75, 3.05) is 25.5 Å². The van der Waals surface area contributed by atoms with Crippen molar-refractivity contribution >= 4 is 11.8 Å². The molecule has 2 N–H and O–H groups in total. The van der Waals surface area contributed by atoms with Crippen molar-refractivity contribution in [3.05, 3.63) is 36.0 Å². The number of guanidine groups is 1. The Morgan fingerprint density at radius 2 is 2.13 bits per heavy atom. The predicted octanol–water partition coefficient (Wildman–Crippen LogP) is 0.531. The van der Waals surface area contributed by atoms with Gasteiger partial charge in [-0.15, -0.1) is 0 Å². The van der Waals surface area contributed by atoms with Crippen LogP contribution in [0.1, 0.15) is 18.3 Å². The number of anilines is 1. The lowest BCUT2D eigenvalue weighted by Gasteiger charge is -2.13. The Morgan fingerprint density at radius 1 is 1.30 bits per heavy atom. The van der Waals surface area contributed by atoms with Crippen LogP contribution in [0.25, 0.3) is 0 Å². The highest BCUT2D eigenvalue weighted by Gasteiger charge is 2.03. The maximum Gasteiger partial charge on any atom is 0.191 e. The van der Waals surface area contributed by atoms with Gasteiger partial charge in [-0.25, -0.2) is 15.0 Å². The summed E-state index contributed by atoms with van der Waals surface area (Å²) in [5, 5.41) is 10.5. The van der Waals surface area contributed by atoms with Gasteiger partial charge in [0.1, 0.15) is 18.0 Å². The molecule has 0 saturated carbocycles. The van der Waals surface area contributed by atoms with Crippen LogP contribution >= 0.6 is 0 Å². The molecule has 0 amide bonds. The van der Waals surface area contributed by atoms with Crippen molar-refractivity contribution in [2.24, 2.45) is 12.0 Å². The van der Waals surface area contributed by atoms with Gasteiger partial charge < -0.3 is 15.5 Å². The summed E-state index contributed by atoms with van der Waals surface area (Å²) in [6.45, 7) is 3.99. The first-order valence-corrected chi connectivity index (χ1v) is 7.57. The van der Waals surface area contributed by atoms with Gasteiger partial charge in [-0.2, -0.15) is 5.10 Å². The monoisotopic (exact) mass is 316 g/mol. The van der Waals surface area contributed by atoms with E-state index in [0.717, 1.165) is 29.7 Å². The zero-order chi connectivity index (χ0) is 16.7. The lowest BCUT2D eigenvalue weighted by Crippen LogP contribution is -2.37. The van der Waals surface area contributed by atoms with Crippen molar-refractivity contribution in [3.8, 4) is 0 Å². The molecule has 2 aromatic rings. The minimum Gasteiger partial charge on any atom is -0.363 e. The summed E-state index contributed by atoms with van der Waals surface area (Å²) >= 11 is 0. The largest absolute Gasteiger partial charge is 0.363 e. The molecule has 0 atom stereocenters. The molecule has 2 rings (SSSR count). The van der Waals surface area contributed by atoms with Crippen LogP contribution in [0, 0.1) is 0 Å². The lowest BCUT2D eigenvalue weighted by molar-refractivity contribution is 0.673. The smallest absolute Gasteiger partial charge is 0.191 e. The predicted molar refractivity (Wildman–Crippen MR) is 91.2 cm³/mol. The summed E-state index contributed by atoms with van der Waals surface area (Å²) in [5.74, 6) is 2.53. The Hall–Kier alpha value is -2.64. The molecule has 2 aromatic heterocycles. The zero-order valence-corrected chi connectivity index (χ0v) is 14.1. The summed E-state index contributed by atoms with van der Waals surface area (Å²) in [7, 11) is 5.82. The minimum atomic E-state index is 0.571. The average molecular weight is 316 g/mol. The fraction of sp³-hybridized carbons (Fsp3) is 0.467. The Labute approximate surface area is 136 Å². The lowest BCUT2D eigenvalue weighted by atomic mass is 10.2. The van der Waals surface area contributed by atoms with Crippen LogP contribution in [-0.4, -0.2) is 46.3 Å². The van der Waals surface area contributed by atoms with E-state index in [0.29, 0.717) is 13.1 Å². The SMILES string of the molecule is CCNC(=NCc1ccnc(N(C)C)c1)NCc1ncnn1C. The molecule has 0 saturated heterocycles. The topological polar surface area (TPSA) is 83.3 Å². The van der Waals surface area contributed by atoms with E-state index < -0.39 is 0 Å². The molecule has 8 heteroatoms. The van der Waals surface area contributed by atoms with Crippen LogP contribution in [0.4, 0.5) is 5.82 Å². The van der Waals surface area contributed by atoms with Gasteiger partial charge in [-0.05, 0) is 24.6 Å². The average Bonchev–Trinajstić information content (AvgIpc) is 2.95. The fourth-order valence-corrected chi connectivity index (χ4v) is 1.96. The molecule has 0 aromatic carbocycles. The van der Waals surface area contributed by atoms with Crippen LogP contribution in [0.15, 0.2) is 29.6 Å². The van der Waals surface area contributed by atoms with Crippen LogP contribution in [0.5, 0.6) is 0 Å². The summed E-state index contributed by atoms with van der Waals surface area (Å²) < 4.78 is 1.74. The Kier molecular flexibility index (Phi) is 5.90. The van der Waals surface area contributed by atoms with Crippen LogP contribution in [-0.2, 0) is 20.1 Å². The van der Waals surface area contributed by atoms with Gasteiger partial charge in [0.15, 0.2) is 5.96 Å². The maximum atomic E-state index is 4.60. The first kappa shape index (κ1) is 16.7. The van der Waals surface area contributed by atoms with E-state index in [-0.39, 0.29) is 0 Å². The number of nitrogens with one attached hydrogen (secondary N) is 2. The molecule has 0 aliphatic carbocycles. The van der Waals surface area contributed by atoms with Crippen LogP contribution in [0.3, 0.4) is 0 Å². The summed E-state index contributed by atoms with van der Waals surface area (Å²) in [6, 6.07) is 4.01. The first-order valence-electron chi connectivity index (χ1n) is 7.57. The molecular formula is C15H24N8. The molecule has 23 heavy (non-hydrogen) atoms. The van der Waals surface area contributed by atoms with E-state index in [1.165, 1.54) is 0 Å². The standard InChI is InChI=1S/C15H24N8/c1-5-16-15(19-10-14-20-11-21-23(14)4)18-9-12-6-7-17-13(8-12)22(2)3/h6-8,11H,5,9-10H2,1-4H3,(H2,16,18,19). The number of nitrogens with zero attached hydrogens (tertiary/aromatic N) is 6. The number of aromatic nitrogens is 4. The molecule has 0 fully saturated rings. The van der Waals surface area contributed by atoms with Crippen LogP contribution < -0.4 is 15.5 Å². The highest BCUT2D eigenvalue weighted by Crippen LogP contribution is 2.10. The van der Waals surface area contributed by atoms with Gasteiger partial charge in [-0.3, -0.25) is 4.68 Å². The van der Waals surface area contributed by atoms with E-state index in [4.69, 9.17) is 0 Å². The minimum absolute atomic E-state index is 0.571. The van der Waals surface area contributed by atoms with Gasteiger partial charge in [0, 0.05) is 33.9 Å². The van der Waals surface area contributed by atoms with Crippen molar-refractivity contribution in [2.45, 2.75) is 20.0 Å². The molecule has 0 unspecified atom stereocenters. The third-order valence-electron chi connectivity index (χ3n) is 3.25. The Morgan fingerprint density at radius 3 is 2.78 bits per heavy atom. The molecule has 0 bridgehead atoms. The normalized spacial score (nSPS) is 11.4. The highest BCUT2D eigenvalue weighted by molar-refractivity contribution is 5.79. The first-order chi connectivity index (χ1) is 11.1. The van der Waals surface area contributed by atoms with Crippen molar-refractivity contribution in [1.29, 1.82) is 0 Å². The van der Waals surface area contributed by atoms with Gasteiger partial charge in [-0.1, -0.05) is 0 Å². The number of rotatable bonds is 6. The second kappa shape index (κ2) is 8.11. The van der Waals surface area contributed by atoms with Gasteiger partial charge >= 0.3 is 0 Å². The van der Waals surface area contributed by atoms with E-state index in [2.05, 4.69) is 30.7 Å². The zero-order valence-electron chi connectivity index (χ0n) is 14.1. The van der Waals surface area contributed by atoms with Crippen molar-refractivity contribution in [3.63, 3.8) is 0 Å². The summed E-state index contributed by atoms with van der Waals surface area (Å²) in [4.78, 5) is 15.1. The van der Waals surface area contributed by atoms with Crippen molar-refractivity contribution < 1.29 is 0 Å². The number of aryl methyl sites for hydroxylation is 1. The third kappa shape index (κ3) is 4.94. The molecule has 0 aliphatic heterocycles. The van der Waals surface area contributed by atoms with E-state index in [1.54, 1.807) is 17.2 Å². The molecule has 0 radical (unpaired) electrons. The van der Waals surface area contributed by atoms with Gasteiger partial charge in [0.25, 0.3) is 0 Å². The van der Waals surface area contributed by atoms with Crippen LogP contribution in [0.2, 0.25) is 0 Å². The van der Waals surface area contributed by atoms with Gasteiger partial charge in [0.05, 0.1) is 13.1 Å². The molecular weight excluding hydrogens is 292 g/mol. The number of hydrogen-bond donors (Lipinski definition) is 2. The second-order valence-electron chi connectivity index (χ2n) is 5.27. The Bertz CT molecular complexity index is 646. The van der Waals surface area contributed by atoms with E-state index >= 15 is 0 Å². The maximum absolute atomic E-state index is 4.60. The molecule has 124 valence electrons. The summed E-state index contributed by atoms with van der Waals surface area (Å²) in [5.41, 5.74) is 1.11. The quantitative estimate of drug-likeness (QED) is 0.597. The van der Waals surface area contributed by atoms with Gasteiger partial charge in [0.2, 0.25) is 0 Å². The molecule has 8 nitrogen and oxygen atoms in total. The third-order valence-corrected chi connectivity index (χ3v) is 3.25. The number of aliphatic imine (C=N–C) groups is 1. The number of pyridine rings is 1. The highest BCUT2D eigenvalue weighted by atomic mass is 15.3. The summed E-state index contributed by atoms with van der Waals surface area (Å²) in [6.07, 6.45) is 3.35. The second-order valence-corrected chi connectivity index (χ2v) is 5.27. The molecule has 2 heterocycles. The number of hydrogen-bond acceptors (Lipinski definition) is 5. The molecule has 0 spiro atoms. The van der Waals surface area contributed by atoms with E-state index in [9.17, 15) is 0 Å². The molecule has 0 aliphatic rings. The Balaban J connectivity index is 2.00. The van der Waals surface area contributed by atoms with E-state index in [1.807, 2.05) is 45.1 Å². The fourth-order valence-electron chi connectivity index (χ4n) is 1.96. The van der Waals surface area contributed by atoms with Crippen molar-refractivity contribution in [1.82, 2.24) is 30.4 Å².